The highest BCUT2D eigenvalue weighted by Crippen LogP contribution is 2.33. The maximum absolute atomic E-state index is 13.5. The van der Waals surface area contributed by atoms with Gasteiger partial charge in [0.2, 0.25) is 5.91 Å². The number of carbonyl (C=O) groups excluding carboxylic acids is 1. The zero-order valence-corrected chi connectivity index (χ0v) is 14.7. The van der Waals surface area contributed by atoms with E-state index in [1.54, 1.807) is 42.5 Å². The van der Waals surface area contributed by atoms with Crippen molar-refractivity contribution in [2.24, 2.45) is 0 Å². The van der Waals surface area contributed by atoms with Crippen LogP contribution in [0.5, 0.6) is 0 Å². The first-order valence-corrected chi connectivity index (χ1v) is 8.47. The molecule has 4 rings (SSSR count). The number of aryl methyl sites for hydroxylation is 2. The minimum Gasteiger partial charge on any atom is -0.306 e. The number of hydrogen-bond donors (Lipinski definition) is 0. The molecule has 0 unspecified atom stereocenters. The lowest BCUT2D eigenvalue weighted by atomic mass is 10.0. The summed E-state index contributed by atoms with van der Waals surface area (Å²) < 4.78 is 13.5. The number of halogens is 1. The first kappa shape index (κ1) is 16.4. The van der Waals surface area contributed by atoms with Crippen LogP contribution >= 0.6 is 0 Å². The van der Waals surface area contributed by atoms with Crippen molar-refractivity contribution in [2.45, 2.75) is 26.8 Å². The van der Waals surface area contributed by atoms with Gasteiger partial charge < -0.3 is 4.90 Å². The van der Waals surface area contributed by atoms with E-state index in [1.807, 2.05) is 19.1 Å². The number of amides is 1. The summed E-state index contributed by atoms with van der Waals surface area (Å²) in [4.78, 5) is 22.9. The SMILES string of the molecule is Cc1cncc(CN2C(=O)Cc3ncc(-c4ccc(F)c(C)c4)cc32)c1. The summed E-state index contributed by atoms with van der Waals surface area (Å²) in [5.41, 5.74) is 5.97. The van der Waals surface area contributed by atoms with Gasteiger partial charge in [-0.1, -0.05) is 12.1 Å². The fourth-order valence-electron chi connectivity index (χ4n) is 3.27. The van der Waals surface area contributed by atoms with Crippen LogP contribution in [0.15, 0.2) is 48.9 Å². The molecule has 0 fully saturated rings. The second-order valence-corrected chi connectivity index (χ2v) is 6.68. The van der Waals surface area contributed by atoms with Crippen molar-refractivity contribution < 1.29 is 9.18 Å². The molecule has 0 saturated carbocycles. The summed E-state index contributed by atoms with van der Waals surface area (Å²) in [6.45, 7) is 4.18. The van der Waals surface area contributed by atoms with Gasteiger partial charge in [-0.25, -0.2) is 4.39 Å². The average Bonchev–Trinajstić information content (AvgIpc) is 2.92. The molecule has 0 spiro atoms. The minimum atomic E-state index is -0.230. The number of fused-ring (bicyclic) bond motifs is 1. The van der Waals surface area contributed by atoms with Gasteiger partial charge in [-0.2, -0.15) is 0 Å². The lowest BCUT2D eigenvalue weighted by molar-refractivity contribution is -0.117. The van der Waals surface area contributed by atoms with Crippen molar-refractivity contribution in [3.63, 3.8) is 0 Å². The molecule has 5 heteroatoms. The van der Waals surface area contributed by atoms with Crippen LogP contribution in [0.3, 0.4) is 0 Å². The smallest absolute Gasteiger partial charge is 0.233 e. The summed E-state index contributed by atoms with van der Waals surface area (Å²) in [5.74, 6) is -0.201. The van der Waals surface area contributed by atoms with Gasteiger partial charge in [0.15, 0.2) is 0 Å². The lowest BCUT2D eigenvalue weighted by Gasteiger charge is -2.18. The molecule has 1 amide bonds. The van der Waals surface area contributed by atoms with Crippen molar-refractivity contribution in [2.75, 3.05) is 4.90 Å². The van der Waals surface area contributed by atoms with E-state index in [1.165, 1.54) is 6.07 Å². The van der Waals surface area contributed by atoms with Gasteiger partial charge >= 0.3 is 0 Å². The highest BCUT2D eigenvalue weighted by molar-refractivity contribution is 6.01. The topological polar surface area (TPSA) is 46.1 Å². The van der Waals surface area contributed by atoms with Crippen molar-refractivity contribution in [3.8, 4) is 11.1 Å². The maximum atomic E-state index is 13.5. The Hall–Kier alpha value is -3.08. The Balaban J connectivity index is 1.71. The third kappa shape index (κ3) is 2.96. The minimum absolute atomic E-state index is 0.0291. The molecule has 0 aliphatic carbocycles. The normalized spacial score (nSPS) is 13.2. The van der Waals surface area contributed by atoms with E-state index in [0.29, 0.717) is 18.5 Å². The van der Waals surface area contributed by atoms with E-state index in [4.69, 9.17) is 0 Å². The van der Waals surface area contributed by atoms with Crippen molar-refractivity contribution >= 4 is 11.6 Å². The second kappa shape index (κ2) is 6.33. The molecule has 3 aromatic rings. The van der Waals surface area contributed by atoms with Crippen LogP contribution in [0, 0.1) is 19.7 Å². The highest BCUT2D eigenvalue weighted by Gasteiger charge is 2.29. The van der Waals surface area contributed by atoms with Crippen LogP contribution in [0.4, 0.5) is 10.1 Å². The molecule has 3 heterocycles. The summed E-state index contributed by atoms with van der Waals surface area (Å²) in [5, 5.41) is 0. The Morgan fingerprint density at radius 3 is 2.69 bits per heavy atom. The molecule has 4 nitrogen and oxygen atoms in total. The monoisotopic (exact) mass is 347 g/mol. The van der Waals surface area contributed by atoms with E-state index < -0.39 is 0 Å². The zero-order valence-electron chi connectivity index (χ0n) is 14.7. The molecular formula is C21H18FN3O. The van der Waals surface area contributed by atoms with Crippen LogP contribution in [0.25, 0.3) is 11.1 Å². The number of carbonyl (C=O) groups is 1. The van der Waals surface area contributed by atoms with Crippen LogP contribution in [0.2, 0.25) is 0 Å². The van der Waals surface area contributed by atoms with Gasteiger partial charge in [-0.3, -0.25) is 14.8 Å². The first-order valence-electron chi connectivity index (χ1n) is 8.47. The number of rotatable bonds is 3. The summed E-state index contributed by atoms with van der Waals surface area (Å²) >= 11 is 0. The van der Waals surface area contributed by atoms with E-state index in [-0.39, 0.29) is 11.7 Å². The Morgan fingerprint density at radius 1 is 1.08 bits per heavy atom. The molecule has 2 aromatic heterocycles. The molecule has 0 bridgehead atoms. The fourth-order valence-corrected chi connectivity index (χ4v) is 3.27. The van der Waals surface area contributed by atoms with Gasteiger partial charge in [0.05, 0.1) is 24.3 Å². The van der Waals surface area contributed by atoms with Gasteiger partial charge in [0.1, 0.15) is 5.82 Å². The number of pyridine rings is 2. The Bertz CT molecular complexity index is 1020. The quantitative estimate of drug-likeness (QED) is 0.720. The Kier molecular flexibility index (Phi) is 3.99. The molecule has 1 aliphatic heterocycles. The number of aromatic nitrogens is 2. The predicted octanol–water partition coefficient (Wildman–Crippen LogP) is 3.99. The average molecular weight is 347 g/mol. The number of nitrogens with zero attached hydrogens (tertiary/aromatic N) is 3. The van der Waals surface area contributed by atoms with Gasteiger partial charge in [-0.05, 0) is 54.3 Å². The van der Waals surface area contributed by atoms with Crippen molar-refractivity contribution in [1.82, 2.24) is 9.97 Å². The van der Waals surface area contributed by atoms with Gasteiger partial charge in [0, 0.05) is 24.2 Å². The van der Waals surface area contributed by atoms with E-state index in [9.17, 15) is 9.18 Å². The molecule has 130 valence electrons. The predicted molar refractivity (Wildman–Crippen MR) is 98.2 cm³/mol. The lowest BCUT2D eigenvalue weighted by Crippen LogP contribution is -2.26. The second-order valence-electron chi connectivity index (χ2n) is 6.68. The number of hydrogen-bond acceptors (Lipinski definition) is 3. The molecule has 0 saturated heterocycles. The first-order chi connectivity index (χ1) is 12.5. The zero-order chi connectivity index (χ0) is 18.3. The molecule has 0 radical (unpaired) electrons. The number of benzene rings is 1. The number of anilines is 1. The standard InChI is InChI=1S/C21H18FN3O/c1-13-5-15(10-23-9-13)12-25-20-7-17(11-24-19(20)8-21(25)26)16-3-4-18(22)14(2)6-16/h3-7,9-11H,8,12H2,1-2H3. The molecule has 0 atom stereocenters. The van der Waals surface area contributed by atoms with Gasteiger partial charge in [-0.15, -0.1) is 0 Å². The van der Waals surface area contributed by atoms with Gasteiger partial charge in [0.25, 0.3) is 0 Å². The molecular weight excluding hydrogens is 329 g/mol. The summed E-state index contributed by atoms with van der Waals surface area (Å²) in [6.07, 6.45) is 5.62. The Morgan fingerprint density at radius 2 is 1.92 bits per heavy atom. The fraction of sp³-hybridized carbons (Fsp3) is 0.190. The van der Waals surface area contributed by atoms with Crippen LogP contribution in [-0.4, -0.2) is 15.9 Å². The molecule has 1 aromatic carbocycles. The van der Waals surface area contributed by atoms with E-state index >= 15 is 0 Å². The van der Waals surface area contributed by atoms with Crippen LogP contribution < -0.4 is 4.90 Å². The largest absolute Gasteiger partial charge is 0.306 e. The molecule has 1 aliphatic rings. The third-order valence-corrected chi connectivity index (χ3v) is 4.62. The summed E-state index contributed by atoms with van der Waals surface area (Å²) in [7, 11) is 0. The summed E-state index contributed by atoms with van der Waals surface area (Å²) in [6, 6.07) is 8.98. The van der Waals surface area contributed by atoms with E-state index in [2.05, 4.69) is 9.97 Å². The van der Waals surface area contributed by atoms with Crippen molar-refractivity contribution in [1.29, 1.82) is 0 Å². The van der Waals surface area contributed by atoms with Crippen LogP contribution in [0.1, 0.15) is 22.4 Å². The molecule has 26 heavy (non-hydrogen) atoms. The van der Waals surface area contributed by atoms with Crippen molar-refractivity contribution in [3.05, 3.63) is 77.1 Å². The van der Waals surface area contributed by atoms with E-state index in [0.717, 1.165) is 33.6 Å². The molecule has 0 N–H and O–H groups in total. The third-order valence-electron chi connectivity index (χ3n) is 4.62. The maximum Gasteiger partial charge on any atom is 0.233 e. The van der Waals surface area contributed by atoms with Crippen LogP contribution in [-0.2, 0) is 17.8 Å². The Labute approximate surface area is 151 Å². The highest BCUT2D eigenvalue weighted by atomic mass is 19.1.